The fraction of sp³-hybridized carbons (Fsp3) is 0.571. The first-order chi connectivity index (χ1) is 8.54. The Morgan fingerprint density at radius 2 is 2.28 bits per heavy atom. The number of halogens is 2. The van der Waals surface area contributed by atoms with Gasteiger partial charge in [-0.25, -0.2) is 4.39 Å². The first-order valence-corrected chi connectivity index (χ1v) is 6.80. The monoisotopic (exact) mass is 271 g/mol. The number of fused-ring (bicyclic) bond motifs is 1. The Bertz CT molecular complexity index is 411. The molecular weight excluding hydrogens is 253 g/mol. The van der Waals surface area contributed by atoms with E-state index in [1.807, 2.05) is 6.92 Å². The van der Waals surface area contributed by atoms with Crippen LogP contribution in [0.3, 0.4) is 0 Å². The molecule has 0 spiro atoms. The molecule has 0 radical (unpaired) electrons. The molecule has 0 bridgehead atoms. The summed E-state index contributed by atoms with van der Waals surface area (Å²) >= 11 is 5.95. The van der Waals surface area contributed by atoms with Crippen molar-refractivity contribution < 1.29 is 9.13 Å². The van der Waals surface area contributed by atoms with Crippen LogP contribution in [-0.2, 0) is 6.42 Å². The van der Waals surface area contributed by atoms with Gasteiger partial charge in [0.15, 0.2) is 0 Å². The zero-order chi connectivity index (χ0) is 13.1. The van der Waals surface area contributed by atoms with Crippen LogP contribution in [0.4, 0.5) is 4.39 Å². The predicted octanol–water partition coefficient (Wildman–Crippen LogP) is 3.12. The number of ether oxygens (including phenoxy) is 1. The number of nitrogens with one attached hydrogen (secondary N) is 1. The standard InChI is InChI=1S/C14H19ClFNO/c1-9(15)5-10(2)17-8-13-7-11-6-12(16)3-4-14(11)18-13/h3-4,6,9-10,13,17H,5,7-8H2,1-2H3. The van der Waals surface area contributed by atoms with Crippen molar-refractivity contribution in [3.8, 4) is 5.75 Å². The highest BCUT2D eigenvalue weighted by molar-refractivity contribution is 6.20. The molecule has 2 rings (SSSR count). The smallest absolute Gasteiger partial charge is 0.123 e. The van der Waals surface area contributed by atoms with Gasteiger partial charge in [0.1, 0.15) is 17.7 Å². The number of hydrogen-bond acceptors (Lipinski definition) is 2. The summed E-state index contributed by atoms with van der Waals surface area (Å²) < 4.78 is 18.8. The van der Waals surface area contributed by atoms with Gasteiger partial charge in [0.25, 0.3) is 0 Å². The lowest BCUT2D eigenvalue weighted by Gasteiger charge is -2.18. The molecule has 1 aliphatic rings. The van der Waals surface area contributed by atoms with Crippen molar-refractivity contribution in [2.24, 2.45) is 0 Å². The maximum atomic E-state index is 13.1. The highest BCUT2D eigenvalue weighted by Gasteiger charge is 2.23. The number of benzene rings is 1. The molecule has 3 unspecified atom stereocenters. The quantitative estimate of drug-likeness (QED) is 0.831. The highest BCUT2D eigenvalue weighted by atomic mass is 35.5. The van der Waals surface area contributed by atoms with Crippen LogP contribution in [0.15, 0.2) is 18.2 Å². The molecule has 0 saturated carbocycles. The van der Waals surface area contributed by atoms with Crippen molar-refractivity contribution in [1.82, 2.24) is 5.32 Å². The Kier molecular flexibility index (Phi) is 4.46. The number of hydrogen-bond donors (Lipinski definition) is 1. The van der Waals surface area contributed by atoms with Crippen molar-refractivity contribution >= 4 is 11.6 Å². The molecule has 4 heteroatoms. The molecule has 1 aliphatic heterocycles. The second kappa shape index (κ2) is 5.89. The topological polar surface area (TPSA) is 21.3 Å². The molecule has 2 nitrogen and oxygen atoms in total. The minimum absolute atomic E-state index is 0.0925. The van der Waals surface area contributed by atoms with Crippen molar-refractivity contribution in [2.75, 3.05) is 6.54 Å². The fourth-order valence-corrected chi connectivity index (χ4v) is 2.57. The van der Waals surface area contributed by atoms with E-state index in [1.165, 1.54) is 6.07 Å². The minimum Gasteiger partial charge on any atom is -0.488 e. The van der Waals surface area contributed by atoms with Gasteiger partial charge in [-0.1, -0.05) is 0 Å². The Balaban J connectivity index is 1.81. The molecule has 3 atom stereocenters. The first kappa shape index (κ1) is 13.6. The van der Waals surface area contributed by atoms with E-state index in [1.54, 1.807) is 12.1 Å². The van der Waals surface area contributed by atoms with Gasteiger partial charge in [-0.15, -0.1) is 11.6 Å². The molecule has 1 N–H and O–H groups in total. The van der Waals surface area contributed by atoms with Gasteiger partial charge in [0, 0.05) is 29.9 Å². The minimum atomic E-state index is -0.199. The van der Waals surface area contributed by atoms with Gasteiger partial charge < -0.3 is 10.1 Å². The summed E-state index contributed by atoms with van der Waals surface area (Å²) in [6.07, 6.45) is 1.79. The maximum absolute atomic E-state index is 13.1. The molecule has 1 aromatic rings. The van der Waals surface area contributed by atoms with E-state index in [9.17, 15) is 4.39 Å². The van der Waals surface area contributed by atoms with Crippen LogP contribution in [0.5, 0.6) is 5.75 Å². The van der Waals surface area contributed by atoms with E-state index in [4.69, 9.17) is 16.3 Å². The van der Waals surface area contributed by atoms with Crippen LogP contribution >= 0.6 is 11.6 Å². The Labute approximate surface area is 112 Å². The van der Waals surface area contributed by atoms with E-state index >= 15 is 0 Å². The van der Waals surface area contributed by atoms with E-state index in [-0.39, 0.29) is 17.3 Å². The average molecular weight is 272 g/mol. The van der Waals surface area contributed by atoms with Crippen LogP contribution in [0.2, 0.25) is 0 Å². The van der Waals surface area contributed by atoms with Crippen LogP contribution in [-0.4, -0.2) is 24.1 Å². The molecule has 1 aromatic carbocycles. The predicted molar refractivity (Wildman–Crippen MR) is 71.9 cm³/mol. The highest BCUT2D eigenvalue weighted by Crippen LogP contribution is 2.28. The lowest BCUT2D eigenvalue weighted by Crippen LogP contribution is -2.36. The number of rotatable bonds is 5. The van der Waals surface area contributed by atoms with Gasteiger partial charge in [0.05, 0.1) is 0 Å². The lowest BCUT2D eigenvalue weighted by atomic mass is 10.1. The molecular formula is C14H19ClFNO. The van der Waals surface area contributed by atoms with Gasteiger partial charge >= 0.3 is 0 Å². The number of alkyl halides is 1. The summed E-state index contributed by atoms with van der Waals surface area (Å²) in [6.45, 7) is 4.87. The van der Waals surface area contributed by atoms with Crippen LogP contribution < -0.4 is 10.1 Å². The summed E-state index contributed by atoms with van der Waals surface area (Å²) in [5.74, 6) is 0.608. The third-order valence-electron chi connectivity index (χ3n) is 3.14. The van der Waals surface area contributed by atoms with Crippen molar-refractivity contribution in [2.45, 2.75) is 44.2 Å². The second-order valence-corrected chi connectivity index (χ2v) is 5.77. The average Bonchev–Trinajstić information content (AvgIpc) is 2.67. The molecule has 100 valence electrons. The normalized spacial score (nSPS) is 21.2. The van der Waals surface area contributed by atoms with Gasteiger partial charge in [-0.2, -0.15) is 0 Å². The first-order valence-electron chi connectivity index (χ1n) is 6.37. The third-order valence-corrected chi connectivity index (χ3v) is 3.31. The van der Waals surface area contributed by atoms with Crippen molar-refractivity contribution in [1.29, 1.82) is 0 Å². The van der Waals surface area contributed by atoms with Crippen LogP contribution in [0.25, 0.3) is 0 Å². The summed E-state index contributed by atoms with van der Waals surface area (Å²) in [6, 6.07) is 5.06. The molecule has 0 amide bonds. The van der Waals surface area contributed by atoms with Gasteiger partial charge in [-0.05, 0) is 38.5 Å². The Hall–Kier alpha value is -0.800. The SMILES string of the molecule is CC(Cl)CC(C)NCC1Cc2cc(F)ccc2O1. The van der Waals surface area contributed by atoms with Crippen molar-refractivity contribution in [3.05, 3.63) is 29.6 Å². The van der Waals surface area contributed by atoms with Crippen LogP contribution in [0, 0.1) is 5.82 Å². The fourth-order valence-electron chi connectivity index (χ4n) is 2.31. The van der Waals surface area contributed by atoms with Crippen LogP contribution in [0.1, 0.15) is 25.8 Å². The summed E-state index contributed by atoms with van der Waals surface area (Å²) in [7, 11) is 0. The molecule has 0 aromatic heterocycles. The zero-order valence-electron chi connectivity index (χ0n) is 10.7. The summed E-state index contributed by atoms with van der Waals surface area (Å²) in [4.78, 5) is 0. The summed E-state index contributed by atoms with van der Waals surface area (Å²) in [5.41, 5.74) is 0.958. The molecule has 0 aliphatic carbocycles. The van der Waals surface area contributed by atoms with E-state index in [2.05, 4.69) is 12.2 Å². The van der Waals surface area contributed by atoms with E-state index < -0.39 is 0 Å². The zero-order valence-corrected chi connectivity index (χ0v) is 11.5. The second-order valence-electron chi connectivity index (χ2n) is 5.02. The molecule has 0 fully saturated rings. The lowest BCUT2D eigenvalue weighted by molar-refractivity contribution is 0.221. The van der Waals surface area contributed by atoms with E-state index in [0.29, 0.717) is 6.04 Å². The van der Waals surface area contributed by atoms with E-state index in [0.717, 1.165) is 30.7 Å². The Morgan fingerprint density at radius 3 is 3.00 bits per heavy atom. The molecule has 1 heterocycles. The Morgan fingerprint density at radius 1 is 1.50 bits per heavy atom. The summed E-state index contributed by atoms with van der Waals surface area (Å²) in [5, 5.41) is 3.57. The van der Waals surface area contributed by atoms with Gasteiger partial charge in [-0.3, -0.25) is 0 Å². The largest absolute Gasteiger partial charge is 0.488 e. The molecule has 18 heavy (non-hydrogen) atoms. The van der Waals surface area contributed by atoms with Gasteiger partial charge in [0.2, 0.25) is 0 Å². The maximum Gasteiger partial charge on any atom is 0.123 e. The van der Waals surface area contributed by atoms with Crippen molar-refractivity contribution in [3.63, 3.8) is 0 Å². The third kappa shape index (κ3) is 3.59. The molecule has 0 saturated heterocycles.